The first-order valence-corrected chi connectivity index (χ1v) is 8.03. The maximum absolute atomic E-state index is 12.2. The third-order valence-corrected chi connectivity index (χ3v) is 5.32. The Kier molecular flexibility index (Phi) is 4.04. The lowest BCUT2D eigenvalue weighted by Gasteiger charge is -2.16. The van der Waals surface area contributed by atoms with Gasteiger partial charge in [-0.15, -0.1) is 0 Å². The van der Waals surface area contributed by atoms with Gasteiger partial charge >= 0.3 is 0 Å². The normalized spacial score (nSPS) is 26.6. The van der Waals surface area contributed by atoms with E-state index in [1.807, 2.05) is 24.3 Å². The van der Waals surface area contributed by atoms with Crippen molar-refractivity contribution in [2.45, 2.75) is 25.7 Å². The number of rotatable bonds is 4. The lowest BCUT2D eigenvalue weighted by molar-refractivity contribution is 0.0966. The molecule has 3 heteroatoms. The van der Waals surface area contributed by atoms with Crippen LogP contribution in [0.5, 0.6) is 0 Å². The molecule has 1 saturated heterocycles. The lowest BCUT2D eigenvalue weighted by atomic mass is 10.0. The van der Waals surface area contributed by atoms with Crippen LogP contribution in [0.2, 0.25) is 0 Å². The van der Waals surface area contributed by atoms with Crippen LogP contribution in [-0.4, -0.2) is 30.3 Å². The highest BCUT2D eigenvalue weighted by atomic mass is 79.9. The zero-order valence-electron chi connectivity index (χ0n) is 11.1. The Labute approximate surface area is 123 Å². The van der Waals surface area contributed by atoms with Crippen molar-refractivity contribution in [2.75, 3.05) is 19.6 Å². The molecule has 1 aromatic rings. The van der Waals surface area contributed by atoms with E-state index in [0.717, 1.165) is 28.4 Å². The van der Waals surface area contributed by atoms with Crippen molar-refractivity contribution in [1.82, 2.24) is 4.90 Å². The Morgan fingerprint density at radius 2 is 1.89 bits per heavy atom. The minimum atomic E-state index is 0.254. The largest absolute Gasteiger partial charge is 0.302 e. The van der Waals surface area contributed by atoms with E-state index < -0.39 is 0 Å². The average Bonchev–Trinajstić information content (AvgIpc) is 2.97. The number of likely N-dealkylation sites (tertiary alicyclic amines) is 1. The number of fused-ring (bicyclic) bond motifs is 1. The summed E-state index contributed by atoms with van der Waals surface area (Å²) in [6.07, 6.45) is 4.86. The summed E-state index contributed by atoms with van der Waals surface area (Å²) in [5.41, 5.74) is 0.821. The molecule has 1 saturated carbocycles. The minimum Gasteiger partial charge on any atom is -0.302 e. The van der Waals surface area contributed by atoms with Gasteiger partial charge in [0.05, 0.1) is 0 Å². The second-order valence-electron chi connectivity index (χ2n) is 5.86. The fourth-order valence-corrected chi connectivity index (χ4v) is 4.10. The topological polar surface area (TPSA) is 20.3 Å². The Hall–Kier alpha value is -0.670. The highest BCUT2D eigenvalue weighted by Gasteiger charge is 2.35. The SMILES string of the molecule is O=C(CCN1CC2CCCC2C1)c1ccccc1Br. The van der Waals surface area contributed by atoms with Gasteiger partial charge in [0.2, 0.25) is 0 Å². The van der Waals surface area contributed by atoms with Crippen LogP contribution in [0.3, 0.4) is 0 Å². The molecule has 102 valence electrons. The van der Waals surface area contributed by atoms with Gasteiger partial charge in [0.15, 0.2) is 5.78 Å². The van der Waals surface area contributed by atoms with Crippen molar-refractivity contribution in [2.24, 2.45) is 11.8 Å². The van der Waals surface area contributed by atoms with Crippen LogP contribution in [0.4, 0.5) is 0 Å². The predicted octanol–water partition coefficient (Wildman–Crippen LogP) is 3.75. The van der Waals surface area contributed by atoms with Crippen LogP contribution in [-0.2, 0) is 0 Å². The van der Waals surface area contributed by atoms with Crippen LogP contribution in [0.25, 0.3) is 0 Å². The fourth-order valence-electron chi connectivity index (χ4n) is 3.60. The van der Waals surface area contributed by atoms with Crippen LogP contribution in [0.1, 0.15) is 36.0 Å². The van der Waals surface area contributed by atoms with E-state index in [1.54, 1.807) is 0 Å². The molecule has 19 heavy (non-hydrogen) atoms. The van der Waals surface area contributed by atoms with E-state index in [4.69, 9.17) is 0 Å². The summed E-state index contributed by atoms with van der Waals surface area (Å²) in [4.78, 5) is 14.7. The lowest BCUT2D eigenvalue weighted by Crippen LogP contribution is -2.24. The Balaban J connectivity index is 1.53. The van der Waals surface area contributed by atoms with Gasteiger partial charge in [0, 0.05) is 36.1 Å². The van der Waals surface area contributed by atoms with Crippen molar-refractivity contribution < 1.29 is 4.79 Å². The number of benzene rings is 1. The van der Waals surface area contributed by atoms with Gasteiger partial charge < -0.3 is 4.90 Å². The molecular weight excluding hydrogens is 302 g/mol. The van der Waals surface area contributed by atoms with Crippen LogP contribution in [0.15, 0.2) is 28.7 Å². The summed E-state index contributed by atoms with van der Waals surface area (Å²) in [5, 5.41) is 0. The van der Waals surface area contributed by atoms with Crippen molar-refractivity contribution in [3.63, 3.8) is 0 Å². The molecule has 0 amide bonds. The van der Waals surface area contributed by atoms with Crippen LogP contribution < -0.4 is 0 Å². The summed E-state index contributed by atoms with van der Waals surface area (Å²) in [5.74, 6) is 2.08. The molecule has 0 spiro atoms. The van der Waals surface area contributed by atoms with E-state index in [0.29, 0.717) is 6.42 Å². The van der Waals surface area contributed by atoms with Gasteiger partial charge in [-0.2, -0.15) is 0 Å². The highest BCUT2D eigenvalue weighted by Crippen LogP contribution is 2.37. The molecule has 1 heterocycles. The van der Waals surface area contributed by atoms with Crippen molar-refractivity contribution in [1.29, 1.82) is 0 Å². The van der Waals surface area contributed by atoms with Crippen LogP contribution in [0, 0.1) is 11.8 Å². The standard InChI is InChI=1S/C16H20BrNO/c17-15-7-2-1-6-14(15)16(19)8-9-18-10-12-4-3-5-13(12)11-18/h1-2,6-7,12-13H,3-5,8-11H2. The molecule has 1 aliphatic heterocycles. The summed E-state index contributed by atoms with van der Waals surface area (Å²) in [7, 11) is 0. The number of hydrogen-bond acceptors (Lipinski definition) is 2. The molecule has 2 unspecified atom stereocenters. The maximum atomic E-state index is 12.2. The first-order chi connectivity index (χ1) is 9.24. The predicted molar refractivity (Wildman–Crippen MR) is 80.4 cm³/mol. The summed E-state index contributed by atoms with van der Waals surface area (Å²) >= 11 is 3.46. The molecular formula is C16H20BrNO. The molecule has 0 radical (unpaired) electrons. The summed E-state index contributed by atoms with van der Waals surface area (Å²) in [6, 6.07) is 7.72. The fraction of sp³-hybridized carbons (Fsp3) is 0.562. The first kappa shape index (κ1) is 13.3. The number of nitrogens with zero attached hydrogens (tertiary/aromatic N) is 1. The number of carbonyl (C=O) groups excluding carboxylic acids is 1. The second kappa shape index (κ2) is 5.76. The third kappa shape index (κ3) is 2.92. The molecule has 3 rings (SSSR count). The Morgan fingerprint density at radius 3 is 2.58 bits per heavy atom. The summed E-state index contributed by atoms with van der Waals surface area (Å²) in [6.45, 7) is 3.36. The average molecular weight is 322 g/mol. The van der Waals surface area contributed by atoms with E-state index in [2.05, 4.69) is 20.8 Å². The smallest absolute Gasteiger partial charge is 0.165 e. The van der Waals surface area contributed by atoms with Gasteiger partial charge in [-0.1, -0.05) is 40.5 Å². The number of halogens is 1. The Morgan fingerprint density at radius 1 is 1.21 bits per heavy atom. The maximum Gasteiger partial charge on any atom is 0.165 e. The molecule has 2 aliphatic rings. The summed E-state index contributed by atoms with van der Waals surface area (Å²) < 4.78 is 0.915. The quantitative estimate of drug-likeness (QED) is 0.787. The van der Waals surface area contributed by atoms with Gasteiger partial charge in [-0.3, -0.25) is 4.79 Å². The minimum absolute atomic E-state index is 0.254. The van der Waals surface area contributed by atoms with Gasteiger partial charge in [0.1, 0.15) is 0 Å². The van der Waals surface area contributed by atoms with Crippen molar-refractivity contribution in [3.05, 3.63) is 34.3 Å². The number of hydrogen-bond donors (Lipinski definition) is 0. The van der Waals surface area contributed by atoms with E-state index >= 15 is 0 Å². The zero-order valence-corrected chi connectivity index (χ0v) is 12.7. The Bertz CT molecular complexity index is 462. The van der Waals surface area contributed by atoms with Gasteiger partial charge in [-0.05, 0) is 30.7 Å². The van der Waals surface area contributed by atoms with E-state index in [1.165, 1.54) is 32.4 Å². The highest BCUT2D eigenvalue weighted by molar-refractivity contribution is 9.10. The zero-order chi connectivity index (χ0) is 13.2. The first-order valence-electron chi connectivity index (χ1n) is 7.24. The monoisotopic (exact) mass is 321 g/mol. The molecule has 0 aromatic heterocycles. The molecule has 1 aliphatic carbocycles. The molecule has 0 N–H and O–H groups in total. The number of carbonyl (C=O) groups is 1. The third-order valence-electron chi connectivity index (χ3n) is 4.63. The van der Waals surface area contributed by atoms with E-state index in [9.17, 15) is 4.79 Å². The van der Waals surface area contributed by atoms with Crippen molar-refractivity contribution >= 4 is 21.7 Å². The van der Waals surface area contributed by atoms with E-state index in [-0.39, 0.29) is 5.78 Å². The molecule has 2 atom stereocenters. The second-order valence-corrected chi connectivity index (χ2v) is 6.72. The molecule has 0 bridgehead atoms. The molecule has 1 aromatic carbocycles. The van der Waals surface area contributed by atoms with Crippen LogP contribution >= 0.6 is 15.9 Å². The number of ketones is 1. The van der Waals surface area contributed by atoms with Crippen molar-refractivity contribution in [3.8, 4) is 0 Å². The van der Waals surface area contributed by atoms with Gasteiger partial charge in [0.25, 0.3) is 0 Å². The molecule has 2 fully saturated rings. The van der Waals surface area contributed by atoms with Gasteiger partial charge in [-0.25, -0.2) is 0 Å². The number of Topliss-reactive ketones (excluding diaryl/α,β-unsaturated/α-hetero) is 1. The molecule has 2 nitrogen and oxygen atoms in total.